The van der Waals surface area contributed by atoms with E-state index in [9.17, 15) is 9.18 Å². The molecule has 2 aromatic heterocycles. The van der Waals surface area contributed by atoms with E-state index in [1.165, 1.54) is 12.1 Å². The fourth-order valence-corrected chi connectivity index (χ4v) is 5.42. The average molecular weight is 606 g/mol. The SMILES string of the molecule is O=C(N[C@@H](Cn1ccnc1)c1ccc(-c2ccc(F)cc2)cc1-c1ccccc1)c1ccc(-c2nnc(-c3ccccc3)o2)cc1. The molecule has 0 spiro atoms. The summed E-state index contributed by atoms with van der Waals surface area (Å²) in [6, 6.07) is 38.9. The molecule has 0 aliphatic carbocycles. The van der Waals surface area contributed by atoms with Gasteiger partial charge in [0.1, 0.15) is 5.82 Å². The Hall–Kier alpha value is -6.15. The molecule has 0 aliphatic rings. The first kappa shape index (κ1) is 28.6. The lowest BCUT2D eigenvalue weighted by Crippen LogP contribution is -2.31. The van der Waals surface area contributed by atoms with Gasteiger partial charge in [0.2, 0.25) is 11.8 Å². The number of benzene rings is 5. The van der Waals surface area contributed by atoms with Gasteiger partial charge < -0.3 is 14.3 Å². The second-order valence-electron chi connectivity index (χ2n) is 10.8. The van der Waals surface area contributed by atoms with Crippen LogP contribution in [0, 0.1) is 5.82 Å². The zero-order valence-corrected chi connectivity index (χ0v) is 24.6. The maximum atomic E-state index is 13.7. The highest BCUT2D eigenvalue weighted by Gasteiger charge is 2.21. The first-order chi connectivity index (χ1) is 22.6. The van der Waals surface area contributed by atoms with Crippen molar-refractivity contribution in [1.29, 1.82) is 0 Å². The number of imidazole rings is 1. The van der Waals surface area contributed by atoms with Crippen LogP contribution in [0.1, 0.15) is 22.0 Å². The van der Waals surface area contributed by atoms with Gasteiger partial charge in [-0.15, -0.1) is 10.2 Å². The van der Waals surface area contributed by atoms with Crippen LogP contribution in [-0.4, -0.2) is 25.7 Å². The molecule has 46 heavy (non-hydrogen) atoms. The Labute approximate surface area is 265 Å². The molecule has 224 valence electrons. The molecular weight excluding hydrogens is 577 g/mol. The minimum absolute atomic E-state index is 0.228. The van der Waals surface area contributed by atoms with Crippen molar-refractivity contribution in [2.24, 2.45) is 0 Å². The molecule has 1 amide bonds. The topological polar surface area (TPSA) is 85.8 Å². The van der Waals surface area contributed by atoms with Crippen LogP contribution in [0.2, 0.25) is 0 Å². The van der Waals surface area contributed by atoms with Gasteiger partial charge in [0.25, 0.3) is 5.91 Å². The lowest BCUT2D eigenvalue weighted by Gasteiger charge is -2.24. The van der Waals surface area contributed by atoms with E-state index in [4.69, 9.17) is 4.42 Å². The largest absolute Gasteiger partial charge is 0.416 e. The van der Waals surface area contributed by atoms with Gasteiger partial charge in [-0.2, -0.15) is 0 Å². The third kappa shape index (κ3) is 6.23. The molecule has 7 aromatic rings. The Bertz CT molecular complexity index is 2060. The van der Waals surface area contributed by atoms with Gasteiger partial charge in [0.15, 0.2) is 0 Å². The van der Waals surface area contributed by atoms with Crippen molar-refractivity contribution < 1.29 is 13.6 Å². The van der Waals surface area contributed by atoms with Gasteiger partial charge in [-0.25, -0.2) is 9.37 Å². The number of hydrogen-bond donors (Lipinski definition) is 1. The smallest absolute Gasteiger partial charge is 0.251 e. The molecule has 7 rings (SSSR count). The number of nitrogens with zero attached hydrogens (tertiary/aromatic N) is 4. The van der Waals surface area contributed by atoms with Crippen molar-refractivity contribution >= 4 is 5.91 Å². The van der Waals surface area contributed by atoms with Crippen molar-refractivity contribution in [3.8, 4) is 45.2 Å². The van der Waals surface area contributed by atoms with Crippen molar-refractivity contribution in [3.63, 3.8) is 0 Å². The number of nitrogens with one attached hydrogen (secondary N) is 1. The van der Waals surface area contributed by atoms with Crippen LogP contribution in [-0.2, 0) is 6.54 Å². The van der Waals surface area contributed by atoms with Crippen LogP contribution < -0.4 is 5.32 Å². The summed E-state index contributed by atoms with van der Waals surface area (Å²) >= 11 is 0. The molecule has 7 nitrogen and oxygen atoms in total. The fourth-order valence-electron chi connectivity index (χ4n) is 5.42. The monoisotopic (exact) mass is 605 g/mol. The van der Waals surface area contributed by atoms with E-state index in [1.807, 2.05) is 83.6 Å². The number of amides is 1. The molecule has 0 radical (unpaired) electrons. The second kappa shape index (κ2) is 12.8. The molecule has 2 heterocycles. The van der Waals surface area contributed by atoms with Crippen molar-refractivity contribution in [3.05, 3.63) is 163 Å². The molecule has 0 bridgehead atoms. The molecule has 0 aliphatic heterocycles. The summed E-state index contributed by atoms with van der Waals surface area (Å²) in [5.74, 6) is 0.291. The Morgan fingerprint density at radius 2 is 1.33 bits per heavy atom. The van der Waals surface area contributed by atoms with Crippen LogP contribution in [0.25, 0.3) is 45.2 Å². The summed E-state index contributed by atoms with van der Waals surface area (Å²) in [6.07, 6.45) is 5.32. The van der Waals surface area contributed by atoms with E-state index in [0.717, 1.165) is 33.4 Å². The van der Waals surface area contributed by atoms with E-state index in [1.54, 1.807) is 48.9 Å². The van der Waals surface area contributed by atoms with Gasteiger partial charge in [-0.3, -0.25) is 4.79 Å². The van der Waals surface area contributed by atoms with Gasteiger partial charge in [0, 0.05) is 35.6 Å². The maximum absolute atomic E-state index is 13.7. The van der Waals surface area contributed by atoms with Gasteiger partial charge in [-0.05, 0) is 82.4 Å². The first-order valence-corrected chi connectivity index (χ1v) is 14.8. The maximum Gasteiger partial charge on any atom is 0.251 e. The first-order valence-electron chi connectivity index (χ1n) is 14.8. The molecule has 1 atom stereocenters. The summed E-state index contributed by atoms with van der Waals surface area (Å²) in [5.41, 5.74) is 6.80. The van der Waals surface area contributed by atoms with Crippen LogP contribution in [0.5, 0.6) is 0 Å². The minimum Gasteiger partial charge on any atom is -0.416 e. The van der Waals surface area contributed by atoms with Crippen LogP contribution in [0.3, 0.4) is 0 Å². The van der Waals surface area contributed by atoms with Gasteiger partial charge in [-0.1, -0.05) is 72.8 Å². The highest BCUT2D eigenvalue weighted by atomic mass is 19.1. The van der Waals surface area contributed by atoms with Crippen molar-refractivity contribution in [1.82, 2.24) is 25.1 Å². The Morgan fingerprint density at radius 1 is 0.717 bits per heavy atom. The van der Waals surface area contributed by atoms with E-state index < -0.39 is 6.04 Å². The zero-order valence-electron chi connectivity index (χ0n) is 24.6. The van der Waals surface area contributed by atoms with Crippen molar-refractivity contribution in [2.45, 2.75) is 12.6 Å². The Kier molecular flexibility index (Phi) is 7.98. The van der Waals surface area contributed by atoms with E-state index in [2.05, 4.69) is 26.6 Å². The predicted molar refractivity (Wildman–Crippen MR) is 175 cm³/mol. The summed E-state index contributed by atoms with van der Waals surface area (Å²) in [4.78, 5) is 17.9. The number of carbonyl (C=O) groups excluding carboxylic acids is 1. The number of aromatic nitrogens is 4. The zero-order chi connectivity index (χ0) is 31.3. The Balaban J connectivity index is 1.19. The van der Waals surface area contributed by atoms with Crippen molar-refractivity contribution in [2.75, 3.05) is 0 Å². The highest BCUT2D eigenvalue weighted by Crippen LogP contribution is 2.34. The number of rotatable bonds is 9. The summed E-state index contributed by atoms with van der Waals surface area (Å²) in [6.45, 7) is 0.462. The molecule has 1 N–H and O–H groups in total. The molecule has 0 unspecified atom stereocenters. The third-order valence-electron chi connectivity index (χ3n) is 7.79. The molecule has 0 saturated heterocycles. The van der Waals surface area contributed by atoms with E-state index in [0.29, 0.717) is 29.5 Å². The lowest BCUT2D eigenvalue weighted by atomic mass is 9.90. The van der Waals surface area contributed by atoms with Crippen LogP contribution >= 0.6 is 0 Å². The van der Waals surface area contributed by atoms with Gasteiger partial charge in [0.05, 0.1) is 12.4 Å². The quantitative estimate of drug-likeness (QED) is 0.179. The van der Waals surface area contributed by atoms with Gasteiger partial charge >= 0.3 is 0 Å². The summed E-state index contributed by atoms with van der Waals surface area (Å²) < 4.78 is 21.5. The summed E-state index contributed by atoms with van der Waals surface area (Å²) in [5, 5.41) is 11.6. The second-order valence-corrected chi connectivity index (χ2v) is 10.8. The van der Waals surface area contributed by atoms with Crippen LogP contribution in [0.15, 0.2) is 151 Å². The number of hydrogen-bond acceptors (Lipinski definition) is 5. The standard InChI is InChI=1S/C38H28FN5O2/c39-32-18-15-26(16-19-32)31-17-20-33(34(23-31)27-7-3-1-4-8-27)35(24-44-22-21-40-25-44)41-36(45)28-11-13-30(14-12-28)38-43-42-37(46-38)29-9-5-2-6-10-29/h1-23,25,35H,24H2,(H,41,45)/t35-/m0/s1. The predicted octanol–water partition coefficient (Wildman–Crippen LogP) is 8.24. The average Bonchev–Trinajstić information content (AvgIpc) is 3.82. The minimum atomic E-state index is -0.400. The normalized spacial score (nSPS) is 11.7. The fraction of sp³-hybridized carbons (Fsp3) is 0.0526. The lowest BCUT2D eigenvalue weighted by molar-refractivity contribution is 0.0932. The molecular formula is C38H28FN5O2. The molecule has 0 fully saturated rings. The third-order valence-corrected chi connectivity index (χ3v) is 7.79. The molecule has 5 aromatic carbocycles. The van der Waals surface area contributed by atoms with Crippen LogP contribution in [0.4, 0.5) is 4.39 Å². The highest BCUT2D eigenvalue weighted by molar-refractivity contribution is 5.95. The van der Waals surface area contributed by atoms with E-state index >= 15 is 0 Å². The summed E-state index contributed by atoms with van der Waals surface area (Å²) in [7, 11) is 0. The molecule has 0 saturated carbocycles. The number of carbonyl (C=O) groups is 1. The molecule has 8 heteroatoms. The van der Waals surface area contributed by atoms with E-state index in [-0.39, 0.29) is 11.7 Å². The Morgan fingerprint density at radius 3 is 1.98 bits per heavy atom. The number of halogens is 1.